The molecule has 0 spiro atoms. The van der Waals surface area contributed by atoms with Crippen LogP contribution in [0.5, 0.6) is 0 Å². The SMILES string of the molecule is CCC(C)NC(=O)c1cccc(Cn2c(=O)c3cccn3c3cccnc32)c1. The van der Waals surface area contributed by atoms with E-state index in [9.17, 15) is 9.59 Å². The summed E-state index contributed by atoms with van der Waals surface area (Å²) in [5.41, 5.74) is 3.45. The largest absolute Gasteiger partial charge is 0.350 e. The molecule has 1 amide bonds. The quantitative estimate of drug-likeness (QED) is 0.583. The van der Waals surface area contributed by atoms with Crippen molar-refractivity contribution in [2.75, 3.05) is 0 Å². The summed E-state index contributed by atoms with van der Waals surface area (Å²) in [6.45, 7) is 4.36. The van der Waals surface area contributed by atoms with Crippen LogP contribution in [-0.2, 0) is 6.54 Å². The predicted molar refractivity (Wildman–Crippen MR) is 110 cm³/mol. The van der Waals surface area contributed by atoms with Gasteiger partial charge in [0.2, 0.25) is 0 Å². The first-order valence-electron chi connectivity index (χ1n) is 9.43. The number of carbonyl (C=O) groups excluding carboxylic acids is 1. The molecule has 6 heteroatoms. The standard InChI is InChI=1S/C22H22N4O2/c1-3-15(2)24-21(27)17-8-4-7-16(13-17)14-26-20-18(9-5-11-23-20)25-12-6-10-19(25)22(26)28/h4-13,15H,3,14H2,1-2H3,(H,24,27). The molecule has 0 aliphatic heterocycles. The molecular weight excluding hydrogens is 352 g/mol. The van der Waals surface area contributed by atoms with Crippen LogP contribution in [0.1, 0.15) is 36.2 Å². The van der Waals surface area contributed by atoms with E-state index >= 15 is 0 Å². The number of carbonyl (C=O) groups is 1. The Hall–Kier alpha value is -3.41. The smallest absolute Gasteiger partial charge is 0.276 e. The van der Waals surface area contributed by atoms with E-state index in [1.807, 2.05) is 60.8 Å². The molecule has 1 atom stereocenters. The summed E-state index contributed by atoms with van der Waals surface area (Å²) >= 11 is 0. The van der Waals surface area contributed by atoms with Crippen molar-refractivity contribution in [2.24, 2.45) is 0 Å². The number of amides is 1. The number of hydrogen-bond acceptors (Lipinski definition) is 3. The number of nitrogens with zero attached hydrogens (tertiary/aromatic N) is 3. The molecule has 0 bridgehead atoms. The molecule has 1 N–H and O–H groups in total. The fourth-order valence-corrected chi connectivity index (χ4v) is 3.33. The van der Waals surface area contributed by atoms with Crippen LogP contribution in [0.4, 0.5) is 0 Å². The average molecular weight is 374 g/mol. The van der Waals surface area contributed by atoms with Crippen molar-refractivity contribution in [3.05, 3.63) is 82.4 Å². The summed E-state index contributed by atoms with van der Waals surface area (Å²) in [5, 5.41) is 2.98. The van der Waals surface area contributed by atoms with Gasteiger partial charge >= 0.3 is 0 Å². The number of nitrogens with one attached hydrogen (secondary N) is 1. The van der Waals surface area contributed by atoms with Gasteiger partial charge in [0.25, 0.3) is 11.5 Å². The molecule has 1 aromatic carbocycles. The minimum Gasteiger partial charge on any atom is -0.350 e. The molecule has 0 fully saturated rings. The summed E-state index contributed by atoms with van der Waals surface area (Å²) in [6, 6.07) is 15.0. The molecule has 4 rings (SSSR count). The Labute approximate surface area is 162 Å². The number of fused-ring (bicyclic) bond motifs is 3. The van der Waals surface area contributed by atoms with Crippen LogP contribution in [0, 0.1) is 0 Å². The molecule has 0 saturated heterocycles. The highest BCUT2D eigenvalue weighted by atomic mass is 16.1. The third-order valence-electron chi connectivity index (χ3n) is 5.01. The molecule has 4 aromatic rings. The van der Waals surface area contributed by atoms with Crippen LogP contribution in [0.3, 0.4) is 0 Å². The second-order valence-corrected chi connectivity index (χ2v) is 6.98. The maximum atomic E-state index is 13.0. The number of rotatable bonds is 5. The molecule has 3 aromatic heterocycles. The Morgan fingerprint density at radius 2 is 1.96 bits per heavy atom. The summed E-state index contributed by atoms with van der Waals surface area (Å²) < 4.78 is 3.52. The Morgan fingerprint density at radius 1 is 1.14 bits per heavy atom. The lowest BCUT2D eigenvalue weighted by atomic mass is 10.1. The van der Waals surface area contributed by atoms with Gasteiger partial charge in [0, 0.05) is 24.0 Å². The fraction of sp³-hybridized carbons (Fsp3) is 0.227. The lowest BCUT2D eigenvalue weighted by molar-refractivity contribution is 0.0939. The molecule has 28 heavy (non-hydrogen) atoms. The van der Waals surface area contributed by atoms with Gasteiger partial charge in [0.05, 0.1) is 12.1 Å². The van der Waals surface area contributed by atoms with E-state index in [1.165, 1.54) is 0 Å². The normalized spacial score (nSPS) is 12.4. The third kappa shape index (κ3) is 3.17. The number of aromatic nitrogens is 3. The van der Waals surface area contributed by atoms with Crippen molar-refractivity contribution in [1.29, 1.82) is 0 Å². The van der Waals surface area contributed by atoms with Crippen LogP contribution in [-0.4, -0.2) is 25.9 Å². The Kier molecular flexibility index (Phi) is 4.69. The van der Waals surface area contributed by atoms with Gasteiger partial charge in [0.15, 0.2) is 5.65 Å². The van der Waals surface area contributed by atoms with Crippen LogP contribution in [0.15, 0.2) is 65.7 Å². The maximum Gasteiger partial charge on any atom is 0.276 e. The number of benzene rings is 1. The Bertz CT molecular complexity index is 1220. The van der Waals surface area contributed by atoms with Crippen LogP contribution < -0.4 is 10.9 Å². The van der Waals surface area contributed by atoms with E-state index in [-0.39, 0.29) is 17.5 Å². The molecule has 0 aliphatic rings. The topological polar surface area (TPSA) is 68.4 Å². The van der Waals surface area contributed by atoms with Gasteiger partial charge in [-0.3, -0.25) is 14.2 Å². The predicted octanol–water partition coefficient (Wildman–Crippen LogP) is 3.23. The van der Waals surface area contributed by atoms with Gasteiger partial charge in [-0.2, -0.15) is 0 Å². The molecule has 1 unspecified atom stereocenters. The monoisotopic (exact) mass is 374 g/mol. The first-order chi connectivity index (χ1) is 13.6. The van der Waals surface area contributed by atoms with E-state index < -0.39 is 0 Å². The van der Waals surface area contributed by atoms with Gasteiger partial charge in [-0.25, -0.2) is 4.98 Å². The third-order valence-corrected chi connectivity index (χ3v) is 5.01. The lowest BCUT2D eigenvalue weighted by Gasteiger charge is -2.14. The minimum absolute atomic E-state index is 0.103. The second kappa shape index (κ2) is 7.31. The first kappa shape index (κ1) is 18.0. The zero-order valence-electron chi connectivity index (χ0n) is 15.9. The highest BCUT2D eigenvalue weighted by Gasteiger charge is 2.13. The van der Waals surface area contributed by atoms with E-state index in [1.54, 1.807) is 22.9 Å². The molecular formula is C22H22N4O2. The molecule has 142 valence electrons. The van der Waals surface area contributed by atoms with Gasteiger partial charge in [-0.1, -0.05) is 19.1 Å². The summed E-state index contributed by atoms with van der Waals surface area (Å²) in [5.74, 6) is -0.103. The van der Waals surface area contributed by atoms with Gasteiger partial charge in [-0.15, -0.1) is 0 Å². The maximum absolute atomic E-state index is 13.0. The van der Waals surface area contributed by atoms with Crippen LogP contribution in [0.25, 0.3) is 16.7 Å². The molecule has 0 aliphatic carbocycles. The van der Waals surface area contributed by atoms with Gasteiger partial charge < -0.3 is 9.72 Å². The molecule has 6 nitrogen and oxygen atoms in total. The Morgan fingerprint density at radius 3 is 2.79 bits per heavy atom. The summed E-state index contributed by atoms with van der Waals surface area (Å²) in [7, 11) is 0. The van der Waals surface area contributed by atoms with Gasteiger partial charge in [-0.05, 0) is 55.3 Å². The zero-order chi connectivity index (χ0) is 19.7. The second-order valence-electron chi connectivity index (χ2n) is 6.98. The van der Waals surface area contributed by atoms with Crippen molar-refractivity contribution in [2.45, 2.75) is 32.9 Å². The lowest BCUT2D eigenvalue weighted by Crippen LogP contribution is -2.32. The highest BCUT2D eigenvalue weighted by molar-refractivity contribution is 5.94. The summed E-state index contributed by atoms with van der Waals surface area (Å²) in [6.07, 6.45) is 4.42. The van der Waals surface area contributed by atoms with E-state index in [4.69, 9.17) is 0 Å². The molecule has 3 heterocycles. The fourth-order valence-electron chi connectivity index (χ4n) is 3.33. The highest BCUT2D eigenvalue weighted by Crippen LogP contribution is 2.15. The van der Waals surface area contributed by atoms with Crippen molar-refractivity contribution >= 4 is 22.6 Å². The van der Waals surface area contributed by atoms with E-state index in [0.29, 0.717) is 23.3 Å². The number of pyridine rings is 1. The zero-order valence-corrected chi connectivity index (χ0v) is 15.9. The van der Waals surface area contributed by atoms with Gasteiger partial charge in [0.1, 0.15) is 5.52 Å². The van der Waals surface area contributed by atoms with Crippen molar-refractivity contribution < 1.29 is 4.79 Å². The van der Waals surface area contributed by atoms with Crippen LogP contribution in [0.2, 0.25) is 0 Å². The minimum atomic E-state index is -0.106. The summed E-state index contributed by atoms with van der Waals surface area (Å²) in [4.78, 5) is 29.9. The first-order valence-corrected chi connectivity index (χ1v) is 9.43. The Balaban J connectivity index is 1.76. The van der Waals surface area contributed by atoms with Crippen molar-refractivity contribution in [3.8, 4) is 0 Å². The molecule has 0 saturated carbocycles. The van der Waals surface area contributed by atoms with E-state index in [0.717, 1.165) is 17.5 Å². The van der Waals surface area contributed by atoms with Crippen molar-refractivity contribution in [3.63, 3.8) is 0 Å². The van der Waals surface area contributed by atoms with Crippen LogP contribution >= 0.6 is 0 Å². The average Bonchev–Trinajstić information content (AvgIpc) is 3.21. The number of hydrogen-bond donors (Lipinski definition) is 1. The van der Waals surface area contributed by atoms with E-state index in [2.05, 4.69) is 10.3 Å². The van der Waals surface area contributed by atoms with Crippen molar-refractivity contribution in [1.82, 2.24) is 19.3 Å². The molecule has 0 radical (unpaired) electrons.